The Bertz CT molecular complexity index is 1240. The number of carbonyl (C=O) groups excluding carboxylic acids is 1. The second-order valence-electron chi connectivity index (χ2n) is 7.55. The van der Waals surface area contributed by atoms with Gasteiger partial charge in [0.25, 0.3) is 5.91 Å². The summed E-state index contributed by atoms with van der Waals surface area (Å²) in [5.41, 5.74) is 0.928. The molecular formula is C22H23ClN4O4S2. The van der Waals surface area contributed by atoms with Crippen LogP contribution in [-0.4, -0.2) is 49.0 Å². The van der Waals surface area contributed by atoms with E-state index in [0.29, 0.717) is 23.1 Å². The number of ether oxygens (including phenoxy) is 1. The van der Waals surface area contributed by atoms with E-state index in [-0.39, 0.29) is 21.3 Å². The quantitative estimate of drug-likeness (QED) is 0.520. The lowest BCUT2D eigenvalue weighted by atomic mass is 10.2. The summed E-state index contributed by atoms with van der Waals surface area (Å²) in [4.78, 5) is 13.1. The molecule has 1 fully saturated rings. The van der Waals surface area contributed by atoms with Crippen molar-refractivity contribution in [3.63, 3.8) is 0 Å². The summed E-state index contributed by atoms with van der Waals surface area (Å²) < 4.78 is 33.2. The van der Waals surface area contributed by atoms with Gasteiger partial charge in [-0.15, -0.1) is 10.2 Å². The van der Waals surface area contributed by atoms with Crippen molar-refractivity contribution >= 4 is 44.0 Å². The van der Waals surface area contributed by atoms with E-state index in [1.807, 2.05) is 12.1 Å². The Labute approximate surface area is 201 Å². The molecule has 1 amide bonds. The molecule has 0 radical (unpaired) electrons. The Morgan fingerprint density at radius 1 is 1.06 bits per heavy atom. The van der Waals surface area contributed by atoms with Crippen molar-refractivity contribution in [2.75, 3.05) is 25.5 Å². The van der Waals surface area contributed by atoms with Crippen LogP contribution in [-0.2, 0) is 10.0 Å². The smallest absolute Gasteiger partial charge is 0.261 e. The third-order valence-corrected chi connectivity index (χ3v) is 8.39. The predicted octanol–water partition coefficient (Wildman–Crippen LogP) is 4.68. The topological polar surface area (TPSA) is 101 Å². The molecule has 174 valence electrons. The number of nitrogens with one attached hydrogen (secondary N) is 1. The number of sulfonamides is 1. The minimum atomic E-state index is -3.71. The molecule has 11 heteroatoms. The summed E-state index contributed by atoms with van der Waals surface area (Å²) >= 11 is 7.12. The van der Waals surface area contributed by atoms with Gasteiger partial charge in [0, 0.05) is 23.7 Å². The summed E-state index contributed by atoms with van der Waals surface area (Å²) in [5.74, 6) is -0.261. The number of hydrogen-bond acceptors (Lipinski definition) is 7. The van der Waals surface area contributed by atoms with Crippen LogP contribution in [0, 0.1) is 0 Å². The molecule has 3 aromatic rings. The van der Waals surface area contributed by atoms with Crippen LogP contribution >= 0.6 is 22.9 Å². The monoisotopic (exact) mass is 506 g/mol. The summed E-state index contributed by atoms with van der Waals surface area (Å²) in [6.45, 7) is 0.961. The van der Waals surface area contributed by atoms with Crippen molar-refractivity contribution in [3.05, 3.63) is 53.1 Å². The maximum absolute atomic E-state index is 13.2. The van der Waals surface area contributed by atoms with Crippen molar-refractivity contribution in [1.82, 2.24) is 14.5 Å². The van der Waals surface area contributed by atoms with E-state index in [9.17, 15) is 13.2 Å². The highest BCUT2D eigenvalue weighted by molar-refractivity contribution is 7.89. The Morgan fingerprint density at radius 2 is 1.76 bits per heavy atom. The fourth-order valence-corrected chi connectivity index (χ4v) is 6.02. The molecule has 33 heavy (non-hydrogen) atoms. The molecule has 8 nitrogen and oxygen atoms in total. The Hall–Kier alpha value is -2.53. The maximum Gasteiger partial charge on any atom is 0.261 e. The number of halogens is 1. The first-order valence-corrected chi connectivity index (χ1v) is 13.1. The number of methoxy groups -OCH3 is 1. The zero-order valence-corrected chi connectivity index (χ0v) is 20.3. The Kier molecular flexibility index (Phi) is 7.28. The molecule has 0 atom stereocenters. The van der Waals surface area contributed by atoms with E-state index in [2.05, 4.69) is 15.5 Å². The average molecular weight is 507 g/mol. The van der Waals surface area contributed by atoms with Crippen LogP contribution in [0.3, 0.4) is 0 Å². The summed E-state index contributed by atoms with van der Waals surface area (Å²) in [7, 11) is -2.28. The summed E-state index contributed by atoms with van der Waals surface area (Å²) in [5, 5.41) is 12.3. The SMILES string of the molecule is COc1ccc(S(=O)(=O)N2CCCCCC2)cc1C(=O)Nc1nnc(-c2ccc(Cl)cc2)s1. The molecule has 0 bridgehead atoms. The number of benzene rings is 2. The number of carbonyl (C=O) groups is 1. The fraction of sp³-hybridized carbons (Fsp3) is 0.318. The molecule has 0 aliphatic carbocycles. The maximum atomic E-state index is 13.2. The van der Waals surface area contributed by atoms with Crippen LogP contribution < -0.4 is 10.1 Å². The highest BCUT2D eigenvalue weighted by atomic mass is 35.5. The van der Waals surface area contributed by atoms with Gasteiger partial charge < -0.3 is 4.74 Å². The molecular weight excluding hydrogens is 484 g/mol. The molecule has 1 saturated heterocycles. The first kappa shape index (κ1) is 23.6. The number of rotatable bonds is 6. The van der Waals surface area contributed by atoms with Gasteiger partial charge in [-0.05, 0) is 43.2 Å². The lowest BCUT2D eigenvalue weighted by Crippen LogP contribution is -2.32. The Morgan fingerprint density at radius 3 is 2.42 bits per heavy atom. The van der Waals surface area contributed by atoms with Gasteiger partial charge in [-0.1, -0.05) is 47.9 Å². The minimum absolute atomic E-state index is 0.0643. The van der Waals surface area contributed by atoms with Crippen LogP contribution in [0.15, 0.2) is 47.4 Å². The highest BCUT2D eigenvalue weighted by Crippen LogP contribution is 2.30. The number of hydrogen-bond donors (Lipinski definition) is 1. The van der Waals surface area contributed by atoms with Crippen molar-refractivity contribution in [2.24, 2.45) is 0 Å². The highest BCUT2D eigenvalue weighted by Gasteiger charge is 2.27. The Balaban J connectivity index is 1.58. The van der Waals surface area contributed by atoms with E-state index >= 15 is 0 Å². The number of nitrogens with zero attached hydrogens (tertiary/aromatic N) is 3. The van der Waals surface area contributed by atoms with Gasteiger partial charge in [0.1, 0.15) is 10.8 Å². The first-order chi connectivity index (χ1) is 15.9. The van der Waals surface area contributed by atoms with Gasteiger partial charge in [-0.3, -0.25) is 10.1 Å². The largest absolute Gasteiger partial charge is 0.496 e. The molecule has 1 aromatic heterocycles. The van der Waals surface area contributed by atoms with E-state index in [0.717, 1.165) is 31.2 Å². The fourth-order valence-electron chi connectivity index (χ4n) is 3.60. The predicted molar refractivity (Wildman–Crippen MR) is 129 cm³/mol. The molecule has 0 saturated carbocycles. The standard InChI is InChI=1S/C22H23ClN4O4S2/c1-31-19-11-10-17(33(29,30)27-12-4-2-3-5-13-27)14-18(19)20(28)24-22-26-25-21(32-22)15-6-8-16(23)9-7-15/h6-11,14H,2-5,12-13H2,1H3,(H,24,26,28). The van der Waals surface area contributed by atoms with Crippen LogP contribution in [0.5, 0.6) is 5.75 Å². The molecule has 1 N–H and O–H groups in total. The molecule has 4 rings (SSSR count). The van der Waals surface area contributed by atoms with E-state index in [4.69, 9.17) is 16.3 Å². The van der Waals surface area contributed by atoms with Gasteiger partial charge >= 0.3 is 0 Å². The number of aromatic nitrogens is 2. The van der Waals surface area contributed by atoms with Gasteiger partial charge in [0.05, 0.1) is 17.6 Å². The third-order valence-electron chi connectivity index (χ3n) is 5.36. The zero-order chi connectivity index (χ0) is 23.4. The molecule has 0 unspecified atom stereocenters. The second-order valence-corrected chi connectivity index (χ2v) is 10.9. The van der Waals surface area contributed by atoms with Gasteiger partial charge in [-0.2, -0.15) is 4.31 Å². The zero-order valence-electron chi connectivity index (χ0n) is 18.0. The van der Waals surface area contributed by atoms with Gasteiger partial charge in [-0.25, -0.2) is 8.42 Å². The molecule has 1 aliphatic heterocycles. The first-order valence-electron chi connectivity index (χ1n) is 10.5. The minimum Gasteiger partial charge on any atom is -0.496 e. The van der Waals surface area contributed by atoms with Crippen molar-refractivity contribution in [2.45, 2.75) is 30.6 Å². The molecule has 1 aliphatic rings. The van der Waals surface area contributed by atoms with Gasteiger partial charge in [0.15, 0.2) is 0 Å². The molecule has 2 heterocycles. The van der Waals surface area contributed by atoms with E-state index in [1.54, 1.807) is 12.1 Å². The van der Waals surface area contributed by atoms with Crippen LogP contribution in [0.25, 0.3) is 10.6 Å². The molecule has 0 spiro atoms. The van der Waals surface area contributed by atoms with Crippen LogP contribution in [0.2, 0.25) is 5.02 Å². The van der Waals surface area contributed by atoms with Crippen LogP contribution in [0.4, 0.5) is 5.13 Å². The molecule has 2 aromatic carbocycles. The normalized spacial score (nSPS) is 15.1. The summed E-state index contributed by atoms with van der Waals surface area (Å²) in [6, 6.07) is 11.5. The third kappa shape index (κ3) is 5.35. The van der Waals surface area contributed by atoms with Gasteiger partial charge in [0.2, 0.25) is 15.2 Å². The lowest BCUT2D eigenvalue weighted by Gasteiger charge is -2.20. The van der Waals surface area contributed by atoms with Crippen molar-refractivity contribution in [3.8, 4) is 16.3 Å². The van der Waals surface area contributed by atoms with Crippen molar-refractivity contribution in [1.29, 1.82) is 0 Å². The van der Waals surface area contributed by atoms with Crippen molar-refractivity contribution < 1.29 is 17.9 Å². The average Bonchev–Trinajstić information content (AvgIpc) is 3.09. The van der Waals surface area contributed by atoms with E-state index < -0.39 is 15.9 Å². The number of anilines is 1. The lowest BCUT2D eigenvalue weighted by molar-refractivity contribution is 0.102. The number of amides is 1. The van der Waals surface area contributed by atoms with E-state index in [1.165, 1.54) is 41.0 Å². The summed E-state index contributed by atoms with van der Waals surface area (Å²) in [6.07, 6.45) is 3.69. The second kappa shape index (κ2) is 10.2. The van der Waals surface area contributed by atoms with Crippen LogP contribution in [0.1, 0.15) is 36.0 Å².